The normalized spacial score (nSPS) is 9.73. The van der Waals surface area contributed by atoms with Crippen LogP contribution in [0.2, 0.25) is 0 Å². The number of hydrogen-bond donors (Lipinski definition) is 3. The molecule has 0 fully saturated rings. The average Bonchev–Trinajstić information content (AvgIpc) is 2.49. The molecule has 2 amide bonds. The summed E-state index contributed by atoms with van der Waals surface area (Å²) in [5, 5.41) is 8.52. The standard InChI is InChI=1S/C16H17N3O3/c1-11(20)17-14-4-3-5-15(10-14)18-12-6-8-13(9-7-12)19-16(21)22-2/h3-10,18H,1-2H3,(H,17,20)(H,19,21). The lowest BCUT2D eigenvalue weighted by atomic mass is 10.2. The van der Waals surface area contributed by atoms with Crippen molar-refractivity contribution in [2.45, 2.75) is 6.92 Å². The third-order valence-electron chi connectivity index (χ3n) is 2.79. The van der Waals surface area contributed by atoms with Crippen LogP contribution in [0.5, 0.6) is 0 Å². The Morgan fingerprint density at radius 2 is 1.50 bits per heavy atom. The molecule has 114 valence electrons. The zero-order chi connectivity index (χ0) is 15.9. The van der Waals surface area contributed by atoms with E-state index in [0.29, 0.717) is 5.69 Å². The highest BCUT2D eigenvalue weighted by atomic mass is 16.5. The number of carbonyl (C=O) groups is 2. The predicted molar refractivity (Wildman–Crippen MR) is 86.5 cm³/mol. The highest BCUT2D eigenvalue weighted by Gasteiger charge is 2.01. The molecule has 0 radical (unpaired) electrons. The van der Waals surface area contributed by atoms with Crippen LogP contribution in [0.15, 0.2) is 48.5 Å². The number of amides is 2. The van der Waals surface area contributed by atoms with Gasteiger partial charge in [-0.15, -0.1) is 0 Å². The van der Waals surface area contributed by atoms with E-state index in [0.717, 1.165) is 17.1 Å². The monoisotopic (exact) mass is 299 g/mol. The van der Waals surface area contributed by atoms with Crippen molar-refractivity contribution < 1.29 is 14.3 Å². The second-order valence-corrected chi connectivity index (χ2v) is 4.58. The molecule has 6 heteroatoms. The van der Waals surface area contributed by atoms with Crippen LogP contribution in [-0.4, -0.2) is 19.1 Å². The maximum absolute atomic E-state index is 11.1. The van der Waals surface area contributed by atoms with E-state index in [1.54, 1.807) is 12.1 Å². The van der Waals surface area contributed by atoms with Gasteiger partial charge in [0.1, 0.15) is 0 Å². The molecule has 0 bridgehead atoms. The first-order valence-electron chi connectivity index (χ1n) is 6.66. The Bertz CT molecular complexity index is 669. The van der Waals surface area contributed by atoms with E-state index in [1.807, 2.05) is 36.4 Å². The maximum atomic E-state index is 11.1. The number of benzene rings is 2. The Hall–Kier alpha value is -3.02. The summed E-state index contributed by atoms with van der Waals surface area (Å²) in [6.07, 6.45) is -0.510. The van der Waals surface area contributed by atoms with Crippen LogP contribution in [0.3, 0.4) is 0 Å². The van der Waals surface area contributed by atoms with Crippen LogP contribution in [0.4, 0.5) is 27.5 Å². The van der Waals surface area contributed by atoms with Crippen LogP contribution in [0, 0.1) is 0 Å². The maximum Gasteiger partial charge on any atom is 0.411 e. The van der Waals surface area contributed by atoms with Crippen molar-refractivity contribution in [3.63, 3.8) is 0 Å². The molecule has 2 rings (SSSR count). The number of hydrogen-bond acceptors (Lipinski definition) is 4. The molecule has 0 unspecified atom stereocenters. The van der Waals surface area contributed by atoms with Crippen LogP contribution in [0.25, 0.3) is 0 Å². The SMILES string of the molecule is COC(=O)Nc1ccc(Nc2cccc(NC(C)=O)c2)cc1. The largest absolute Gasteiger partial charge is 0.453 e. The summed E-state index contributed by atoms with van der Waals surface area (Å²) >= 11 is 0. The van der Waals surface area contributed by atoms with Gasteiger partial charge in [0.2, 0.25) is 5.91 Å². The summed E-state index contributed by atoms with van der Waals surface area (Å²) in [6, 6.07) is 14.6. The predicted octanol–water partition coefficient (Wildman–Crippen LogP) is 3.57. The highest BCUT2D eigenvalue weighted by molar-refractivity contribution is 5.89. The van der Waals surface area contributed by atoms with Gasteiger partial charge in [0, 0.05) is 29.7 Å². The minimum Gasteiger partial charge on any atom is -0.453 e. The van der Waals surface area contributed by atoms with Gasteiger partial charge in [-0.3, -0.25) is 10.1 Å². The summed E-state index contributed by atoms with van der Waals surface area (Å²) in [5.41, 5.74) is 3.07. The van der Waals surface area contributed by atoms with Crippen LogP contribution in [-0.2, 0) is 9.53 Å². The van der Waals surface area contributed by atoms with Gasteiger partial charge in [-0.05, 0) is 42.5 Å². The van der Waals surface area contributed by atoms with Crippen LogP contribution >= 0.6 is 0 Å². The van der Waals surface area contributed by atoms with Gasteiger partial charge in [-0.1, -0.05) is 6.07 Å². The van der Waals surface area contributed by atoms with Crippen LogP contribution < -0.4 is 16.0 Å². The molecule has 0 heterocycles. The molecule has 0 aliphatic rings. The van der Waals surface area contributed by atoms with Crippen LogP contribution in [0.1, 0.15) is 6.92 Å². The molecule has 6 nitrogen and oxygen atoms in total. The molecule has 0 aliphatic heterocycles. The number of carbonyl (C=O) groups excluding carboxylic acids is 2. The molecular weight excluding hydrogens is 282 g/mol. The summed E-state index contributed by atoms with van der Waals surface area (Å²) in [5.74, 6) is -0.115. The fourth-order valence-electron chi connectivity index (χ4n) is 1.85. The lowest BCUT2D eigenvalue weighted by Crippen LogP contribution is -2.10. The molecule has 0 spiro atoms. The lowest BCUT2D eigenvalue weighted by Gasteiger charge is -2.10. The first-order chi connectivity index (χ1) is 10.6. The Balaban J connectivity index is 2.04. The highest BCUT2D eigenvalue weighted by Crippen LogP contribution is 2.21. The number of nitrogens with one attached hydrogen (secondary N) is 3. The van der Waals surface area contributed by atoms with E-state index < -0.39 is 6.09 Å². The zero-order valence-electron chi connectivity index (χ0n) is 12.3. The zero-order valence-corrected chi connectivity index (χ0v) is 12.3. The Morgan fingerprint density at radius 3 is 2.14 bits per heavy atom. The number of rotatable bonds is 4. The fourth-order valence-corrected chi connectivity index (χ4v) is 1.85. The molecule has 0 aliphatic carbocycles. The van der Waals surface area contributed by atoms with E-state index in [2.05, 4.69) is 20.7 Å². The topological polar surface area (TPSA) is 79.5 Å². The molecule has 22 heavy (non-hydrogen) atoms. The molecule has 0 saturated heterocycles. The summed E-state index contributed by atoms with van der Waals surface area (Å²) in [7, 11) is 1.31. The quantitative estimate of drug-likeness (QED) is 0.806. The Morgan fingerprint density at radius 1 is 0.864 bits per heavy atom. The van der Waals surface area contributed by atoms with Gasteiger partial charge in [-0.2, -0.15) is 0 Å². The summed E-state index contributed by atoms with van der Waals surface area (Å²) < 4.78 is 4.52. The molecule has 2 aromatic rings. The van der Waals surface area contributed by atoms with E-state index in [1.165, 1.54) is 14.0 Å². The number of anilines is 4. The fraction of sp³-hybridized carbons (Fsp3) is 0.125. The van der Waals surface area contributed by atoms with Gasteiger partial charge >= 0.3 is 6.09 Å². The van der Waals surface area contributed by atoms with Crippen molar-refractivity contribution in [2.24, 2.45) is 0 Å². The minimum atomic E-state index is -0.510. The second kappa shape index (κ2) is 7.12. The smallest absolute Gasteiger partial charge is 0.411 e. The van der Waals surface area contributed by atoms with E-state index >= 15 is 0 Å². The Labute approximate surface area is 128 Å². The van der Waals surface area contributed by atoms with Gasteiger partial charge in [0.25, 0.3) is 0 Å². The first-order valence-corrected chi connectivity index (χ1v) is 6.66. The van der Waals surface area contributed by atoms with Gasteiger partial charge in [0.15, 0.2) is 0 Å². The van der Waals surface area contributed by atoms with Crippen molar-refractivity contribution >= 4 is 34.7 Å². The van der Waals surface area contributed by atoms with Gasteiger partial charge in [-0.25, -0.2) is 4.79 Å². The molecule has 0 atom stereocenters. The van der Waals surface area contributed by atoms with Crippen molar-refractivity contribution in [3.8, 4) is 0 Å². The Kier molecular flexibility index (Phi) is 4.98. The molecular formula is C16H17N3O3. The molecule has 2 aromatic carbocycles. The van der Waals surface area contributed by atoms with Gasteiger partial charge in [0.05, 0.1) is 7.11 Å². The van der Waals surface area contributed by atoms with E-state index in [4.69, 9.17) is 0 Å². The van der Waals surface area contributed by atoms with Crippen molar-refractivity contribution in [1.82, 2.24) is 0 Å². The third-order valence-corrected chi connectivity index (χ3v) is 2.79. The van der Waals surface area contributed by atoms with Crippen molar-refractivity contribution in [1.29, 1.82) is 0 Å². The summed E-state index contributed by atoms with van der Waals surface area (Å²) in [6.45, 7) is 1.47. The van der Waals surface area contributed by atoms with Gasteiger partial charge < -0.3 is 15.4 Å². The molecule has 3 N–H and O–H groups in total. The minimum absolute atomic E-state index is 0.115. The van der Waals surface area contributed by atoms with Crippen molar-refractivity contribution in [3.05, 3.63) is 48.5 Å². The number of ether oxygens (including phenoxy) is 1. The second-order valence-electron chi connectivity index (χ2n) is 4.58. The van der Waals surface area contributed by atoms with E-state index in [-0.39, 0.29) is 5.91 Å². The molecule has 0 saturated carbocycles. The lowest BCUT2D eigenvalue weighted by molar-refractivity contribution is -0.114. The number of methoxy groups -OCH3 is 1. The van der Waals surface area contributed by atoms with E-state index in [9.17, 15) is 9.59 Å². The summed E-state index contributed by atoms with van der Waals surface area (Å²) in [4.78, 5) is 22.2. The third kappa shape index (κ3) is 4.52. The average molecular weight is 299 g/mol. The first kappa shape index (κ1) is 15.4. The molecule has 0 aromatic heterocycles. The van der Waals surface area contributed by atoms with Crippen molar-refractivity contribution in [2.75, 3.05) is 23.1 Å².